The van der Waals surface area contributed by atoms with Crippen molar-refractivity contribution in [3.05, 3.63) is 12.3 Å². The van der Waals surface area contributed by atoms with Crippen LogP contribution in [-0.2, 0) is 10.0 Å². The molecule has 1 rings (SSSR count). The van der Waals surface area contributed by atoms with Gasteiger partial charge in [-0.25, -0.2) is 8.42 Å². The van der Waals surface area contributed by atoms with Gasteiger partial charge in [0, 0.05) is 6.54 Å². The van der Waals surface area contributed by atoms with E-state index in [1.807, 2.05) is 0 Å². The molecule has 10 heteroatoms. The maximum atomic E-state index is 12.2. The van der Waals surface area contributed by atoms with E-state index < -0.39 is 40.9 Å². The van der Waals surface area contributed by atoms with Gasteiger partial charge in [0.05, 0.1) is 12.8 Å². The monoisotopic (exact) mass is 273 g/mol. The Bertz CT molecular complexity index is 443. The first-order valence-electron chi connectivity index (χ1n) is 4.44. The molecule has 0 aromatic carbocycles. The quantitative estimate of drug-likeness (QED) is 0.788. The van der Waals surface area contributed by atoms with E-state index in [9.17, 15) is 21.6 Å². The number of aromatic nitrogens is 2. The fourth-order valence-electron chi connectivity index (χ4n) is 1.12. The van der Waals surface area contributed by atoms with E-state index in [-0.39, 0.29) is 4.31 Å². The first-order valence-corrected chi connectivity index (χ1v) is 5.88. The minimum absolute atomic E-state index is 0.139. The van der Waals surface area contributed by atoms with Gasteiger partial charge in [-0.15, -0.1) is 0 Å². The molecular weight excluding hydrogens is 263 g/mol. The largest absolute Gasteiger partial charge is 0.402 e. The standard InChI is InChI=1S/C7H10F3N3O3S/c8-7(9,10)5-13(3-4-14)17(15,16)6-1-2-11-12-6/h1-2,14H,3-5H2,(H,11,12). The van der Waals surface area contributed by atoms with E-state index in [0.717, 1.165) is 12.3 Å². The molecule has 1 aromatic heterocycles. The van der Waals surface area contributed by atoms with Crippen LogP contribution in [0.5, 0.6) is 0 Å². The van der Waals surface area contributed by atoms with Crippen LogP contribution in [0, 0.1) is 0 Å². The number of rotatable bonds is 5. The second-order valence-electron chi connectivity index (χ2n) is 3.10. The van der Waals surface area contributed by atoms with Gasteiger partial charge in [-0.2, -0.15) is 22.6 Å². The third-order valence-electron chi connectivity index (χ3n) is 1.80. The molecule has 0 saturated carbocycles. The van der Waals surface area contributed by atoms with E-state index >= 15 is 0 Å². The molecule has 98 valence electrons. The van der Waals surface area contributed by atoms with Crippen LogP contribution < -0.4 is 0 Å². The Hall–Kier alpha value is -1.13. The number of nitrogens with one attached hydrogen (secondary N) is 1. The van der Waals surface area contributed by atoms with E-state index in [1.54, 1.807) is 0 Å². The highest BCUT2D eigenvalue weighted by atomic mass is 32.2. The molecule has 1 aromatic rings. The van der Waals surface area contributed by atoms with Gasteiger partial charge in [0.25, 0.3) is 10.0 Å². The van der Waals surface area contributed by atoms with Gasteiger partial charge < -0.3 is 5.11 Å². The van der Waals surface area contributed by atoms with Crippen molar-refractivity contribution in [2.24, 2.45) is 0 Å². The average molecular weight is 273 g/mol. The summed E-state index contributed by atoms with van der Waals surface area (Å²) in [6.07, 6.45) is -3.57. The number of sulfonamides is 1. The van der Waals surface area contributed by atoms with Gasteiger partial charge in [0.1, 0.15) is 6.54 Å². The normalized spacial score (nSPS) is 13.2. The van der Waals surface area contributed by atoms with Gasteiger partial charge in [0.2, 0.25) is 0 Å². The number of hydrogen-bond donors (Lipinski definition) is 2. The summed E-state index contributed by atoms with van der Waals surface area (Å²) in [7, 11) is -4.32. The van der Waals surface area contributed by atoms with Crippen LogP contribution in [0.25, 0.3) is 0 Å². The predicted octanol–water partition coefficient (Wildman–Crippen LogP) is -0.0450. The van der Waals surface area contributed by atoms with Crippen LogP contribution in [0.4, 0.5) is 13.2 Å². The number of aromatic amines is 1. The molecule has 0 fully saturated rings. The van der Waals surface area contributed by atoms with Crippen molar-refractivity contribution in [1.82, 2.24) is 14.5 Å². The van der Waals surface area contributed by atoms with Crippen LogP contribution in [-0.4, -0.2) is 53.9 Å². The van der Waals surface area contributed by atoms with Crippen molar-refractivity contribution in [3.8, 4) is 0 Å². The highest BCUT2D eigenvalue weighted by Crippen LogP contribution is 2.21. The maximum Gasteiger partial charge on any atom is 0.402 e. The summed E-state index contributed by atoms with van der Waals surface area (Å²) < 4.78 is 60.1. The van der Waals surface area contributed by atoms with Crippen LogP contribution in [0.3, 0.4) is 0 Å². The zero-order valence-electron chi connectivity index (χ0n) is 8.48. The Morgan fingerprint density at radius 3 is 2.53 bits per heavy atom. The summed E-state index contributed by atoms with van der Waals surface area (Å²) in [5, 5.41) is 13.6. The smallest absolute Gasteiger partial charge is 0.395 e. The lowest BCUT2D eigenvalue weighted by Gasteiger charge is -2.21. The third-order valence-corrected chi connectivity index (χ3v) is 3.57. The number of halogens is 3. The molecule has 0 aliphatic carbocycles. The van der Waals surface area contributed by atoms with Crippen molar-refractivity contribution in [2.75, 3.05) is 19.7 Å². The number of nitrogens with zero attached hydrogens (tertiary/aromatic N) is 2. The highest BCUT2D eigenvalue weighted by molar-refractivity contribution is 7.89. The van der Waals surface area contributed by atoms with Crippen molar-refractivity contribution in [3.63, 3.8) is 0 Å². The summed E-state index contributed by atoms with van der Waals surface area (Å²) in [6, 6.07) is 1.04. The van der Waals surface area contributed by atoms with Gasteiger partial charge in [-0.3, -0.25) is 5.10 Å². The van der Waals surface area contributed by atoms with Crippen molar-refractivity contribution >= 4 is 10.0 Å². The lowest BCUT2D eigenvalue weighted by atomic mass is 10.6. The lowest BCUT2D eigenvalue weighted by molar-refractivity contribution is -0.136. The molecule has 17 heavy (non-hydrogen) atoms. The van der Waals surface area contributed by atoms with Crippen molar-refractivity contribution < 1.29 is 26.7 Å². The molecule has 0 saturated heterocycles. The number of H-pyrrole nitrogens is 1. The maximum absolute atomic E-state index is 12.2. The van der Waals surface area contributed by atoms with Crippen LogP contribution in [0.1, 0.15) is 0 Å². The van der Waals surface area contributed by atoms with Gasteiger partial charge in [0.15, 0.2) is 5.03 Å². The highest BCUT2D eigenvalue weighted by Gasteiger charge is 2.37. The zero-order valence-corrected chi connectivity index (χ0v) is 9.29. The summed E-state index contributed by atoms with van der Waals surface area (Å²) in [6.45, 7) is -3.00. The minimum Gasteiger partial charge on any atom is -0.395 e. The summed E-state index contributed by atoms with van der Waals surface area (Å²) in [4.78, 5) is 0. The second-order valence-corrected chi connectivity index (χ2v) is 5.00. The molecular formula is C7H10F3N3O3S. The SMILES string of the molecule is O=S(=O)(c1ccn[nH]1)N(CCO)CC(F)(F)F. The third kappa shape index (κ3) is 3.68. The number of hydrogen-bond acceptors (Lipinski definition) is 4. The molecule has 0 aliphatic rings. The van der Waals surface area contributed by atoms with Gasteiger partial charge in [-0.05, 0) is 6.07 Å². The van der Waals surface area contributed by atoms with E-state index in [4.69, 9.17) is 5.11 Å². The summed E-state index contributed by atoms with van der Waals surface area (Å²) in [5.74, 6) is 0. The number of aliphatic hydroxyl groups is 1. The second kappa shape index (κ2) is 5.02. The predicted molar refractivity (Wildman–Crippen MR) is 50.5 cm³/mol. The summed E-state index contributed by atoms with van der Waals surface area (Å²) >= 11 is 0. The molecule has 2 N–H and O–H groups in total. The molecule has 0 bridgehead atoms. The van der Waals surface area contributed by atoms with Crippen LogP contribution >= 0.6 is 0 Å². The first-order chi connectivity index (χ1) is 7.77. The first kappa shape index (κ1) is 13.9. The molecule has 0 amide bonds. The molecule has 0 atom stereocenters. The van der Waals surface area contributed by atoms with Gasteiger partial charge >= 0.3 is 6.18 Å². The molecule has 0 spiro atoms. The molecule has 0 unspecified atom stereocenters. The number of alkyl halides is 3. The Labute approximate surface area is 95.1 Å². The van der Waals surface area contributed by atoms with E-state index in [1.165, 1.54) is 0 Å². The zero-order chi connectivity index (χ0) is 13.1. The molecule has 0 radical (unpaired) electrons. The molecule has 6 nitrogen and oxygen atoms in total. The Morgan fingerprint density at radius 1 is 1.47 bits per heavy atom. The van der Waals surface area contributed by atoms with Crippen molar-refractivity contribution in [2.45, 2.75) is 11.2 Å². The van der Waals surface area contributed by atoms with Crippen molar-refractivity contribution in [1.29, 1.82) is 0 Å². The van der Waals surface area contributed by atoms with E-state index in [0.29, 0.717) is 0 Å². The van der Waals surface area contributed by atoms with Gasteiger partial charge in [-0.1, -0.05) is 0 Å². The topological polar surface area (TPSA) is 86.3 Å². The van der Waals surface area contributed by atoms with E-state index in [2.05, 4.69) is 10.2 Å². The Kier molecular flexibility index (Phi) is 4.11. The average Bonchev–Trinajstić information content (AvgIpc) is 2.68. The van der Waals surface area contributed by atoms with Crippen LogP contribution in [0.2, 0.25) is 0 Å². The van der Waals surface area contributed by atoms with Crippen LogP contribution in [0.15, 0.2) is 17.3 Å². The summed E-state index contributed by atoms with van der Waals surface area (Å²) in [5.41, 5.74) is 0. The molecule has 0 aliphatic heterocycles. The Morgan fingerprint density at radius 2 is 2.12 bits per heavy atom. The fraction of sp³-hybridized carbons (Fsp3) is 0.571. The fourth-order valence-corrected chi connectivity index (χ4v) is 2.44. The molecule has 1 heterocycles. The minimum atomic E-state index is -4.68. The Balaban J connectivity index is 2.99. The number of aliphatic hydroxyl groups excluding tert-OH is 1. The lowest BCUT2D eigenvalue weighted by Crippen LogP contribution is -2.40.